The molecule has 0 saturated heterocycles. The van der Waals surface area contributed by atoms with E-state index in [9.17, 15) is 4.79 Å². The summed E-state index contributed by atoms with van der Waals surface area (Å²) in [6.45, 7) is 0.721. The maximum atomic E-state index is 11.1. The molecule has 2 aromatic rings. The number of nitrogens with one attached hydrogen (secondary N) is 1. The zero-order chi connectivity index (χ0) is 14.4. The van der Waals surface area contributed by atoms with Crippen molar-refractivity contribution in [3.63, 3.8) is 0 Å². The Bertz CT molecular complexity index is 582. The van der Waals surface area contributed by atoms with Gasteiger partial charge in [0.25, 0.3) is 0 Å². The summed E-state index contributed by atoms with van der Waals surface area (Å²) in [6.07, 6.45) is 1.90. The van der Waals surface area contributed by atoms with E-state index in [1.165, 1.54) is 11.6 Å². The molecule has 0 fully saturated rings. The number of benzene rings is 2. The van der Waals surface area contributed by atoms with Crippen molar-refractivity contribution >= 4 is 17.3 Å². The maximum Gasteiger partial charge on any atom is 0.337 e. The number of carboxylic acids is 1. The lowest BCUT2D eigenvalue weighted by Crippen LogP contribution is -2.09. The first-order valence-corrected chi connectivity index (χ1v) is 6.57. The largest absolute Gasteiger partial charge is 0.478 e. The minimum atomic E-state index is -0.970. The van der Waals surface area contributed by atoms with Gasteiger partial charge in [-0.15, -0.1) is 0 Å². The molecule has 0 aromatic heterocycles. The van der Waals surface area contributed by atoms with Crippen LogP contribution in [0.1, 0.15) is 22.3 Å². The second kappa shape index (κ2) is 6.61. The van der Waals surface area contributed by atoms with Gasteiger partial charge in [-0.25, -0.2) is 4.79 Å². The molecular formula is C16H18N2O2. The van der Waals surface area contributed by atoms with Crippen LogP contribution in [0.3, 0.4) is 0 Å². The third kappa shape index (κ3) is 3.75. The van der Waals surface area contributed by atoms with Gasteiger partial charge in [0.05, 0.1) is 5.56 Å². The van der Waals surface area contributed by atoms with Crippen LogP contribution in [-0.2, 0) is 6.42 Å². The van der Waals surface area contributed by atoms with Crippen LogP contribution < -0.4 is 11.1 Å². The lowest BCUT2D eigenvalue weighted by molar-refractivity contribution is 0.0698. The molecule has 4 nitrogen and oxygen atoms in total. The Balaban J connectivity index is 1.90. The summed E-state index contributed by atoms with van der Waals surface area (Å²) in [5, 5.41) is 12.3. The number of hydrogen-bond donors (Lipinski definition) is 3. The number of anilines is 2. The van der Waals surface area contributed by atoms with Crippen molar-refractivity contribution in [2.75, 3.05) is 17.6 Å². The van der Waals surface area contributed by atoms with E-state index in [1.807, 2.05) is 18.2 Å². The zero-order valence-corrected chi connectivity index (χ0v) is 11.2. The van der Waals surface area contributed by atoms with Gasteiger partial charge >= 0.3 is 5.97 Å². The second-order valence-electron chi connectivity index (χ2n) is 4.63. The Kier molecular flexibility index (Phi) is 4.60. The third-order valence-electron chi connectivity index (χ3n) is 3.07. The zero-order valence-electron chi connectivity index (χ0n) is 11.2. The van der Waals surface area contributed by atoms with Crippen LogP contribution in [0.15, 0.2) is 48.5 Å². The minimum absolute atomic E-state index is 0.213. The van der Waals surface area contributed by atoms with Gasteiger partial charge in [0.15, 0.2) is 0 Å². The van der Waals surface area contributed by atoms with E-state index in [4.69, 9.17) is 10.8 Å². The molecule has 0 amide bonds. The predicted molar refractivity (Wildman–Crippen MR) is 81.1 cm³/mol. The number of aryl methyl sites for hydroxylation is 1. The average molecular weight is 270 g/mol. The molecular weight excluding hydrogens is 252 g/mol. The van der Waals surface area contributed by atoms with Crippen molar-refractivity contribution in [2.24, 2.45) is 0 Å². The highest BCUT2D eigenvalue weighted by Gasteiger charge is 2.09. The normalized spacial score (nSPS) is 10.2. The van der Waals surface area contributed by atoms with E-state index < -0.39 is 5.97 Å². The molecule has 20 heavy (non-hydrogen) atoms. The first-order chi connectivity index (χ1) is 9.66. The molecule has 2 rings (SSSR count). The highest BCUT2D eigenvalue weighted by Crippen LogP contribution is 2.19. The number of nitrogens with two attached hydrogens (primary N) is 1. The molecule has 0 bridgehead atoms. The maximum absolute atomic E-state index is 11.1. The summed E-state index contributed by atoms with van der Waals surface area (Å²) in [5.74, 6) is -0.970. The van der Waals surface area contributed by atoms with Crippen LogP contribution in [0.2, 0.25) is 0 Å². The summed E-state index contributed by atoms with van der Waals surface area (Å²) < 4.78 is 0. The summed E-state index contributed by atoms with van der Waals surface area (Å²) in [4.78, 5) is 11.1. The van der Waals surface area contributed by atoms with Gasteiger partial charge in [0, 0.05) is 17.9 Å². The average Bonchev–Trinajstić information content (AvgIpc) is 2.45. The van der Waals surface area contributed by atoms with Crippen LogP contribution >= 0.6 is 0 Å². The van der Waals surface area contributed by atoms with Crippen molar-refractivity contribution in [3.8, 4) is 0 Å². The fourth-order valence-corrected chi connectivity index (χ4v) is 2.05. The summed E-state index contributed by atoms with van der Waals surface area (Å²) in [6, 6.07) is 15.1. The lowest BCUT2D eigenvalue weighted by atomic mass is 10.1. The van der Waals surface area contributed by atoms with E-state index in [2.05, 4.69) is 17.4 Å². The number of nitrogen functional groups attached to an aromatic ring is 1. The highest BCUT2D eigenvalue weighted by atomic mass is 16.4. The number of carboxylic acid groups (broad SMARTS) is 1. The second-order valence-corrected chi connectivity index (χ2v) is 4.63. The van der Waals surface area contributed by atoms with Crippen LogP contribution in [0, 0.1) is 0 Å². The van der Waals surface area contributed by atoms with E-state index >= 15 is 0 Å². The fourth-order valence-electron chi connectivity index (χ4n) is 2.05. The fraction of sp³-hybridized carbons (Fsp3) is 0.188. The molecule has 0 saturated carbocycles. The number of hydrogen-bond acceptors (Lipinski definition) is 3. The van der Waals surface area contributed by atoms with Crippen LogP contribution in [0.25, 0.3) is 0 Å². The van der Waals surface area contributed by atoms with Crippen molar-refractivity contribution in [1.82, 2.24) is 0 Å². The van der Waals surface area contributed by atoms with E-state index in [0.29, 0.717) is 11.4 Å². The highest BCUT2D eigenvalue weighted by molar-refractivity contribution is 5.95. The van der Waals surface area contributed by atoms with Crippen LogP contribution in [0.5, 0.6) is 0 Å². The smallest absolute Gasteiger partial charge is 0.337 e. The molecule has 104 valence electrons. The SMILES string of the molecule is Nc1ccc(NCCCc2ccccc2)c(C(=O)O)c1. The number of rotatable bonds is 6. The molecule has 0 radical (unpaired) electrons. The van der Waals surface area contributed by atoms with E-state index in [0.717, 1.165) is 19.4 Å². The van der Waals surface area contributed by atoms with Crippen molar-refractivity contribution in [2.45, 2.75) is 12.8 Å². The molecule has 2 aromatic carbocycles. The Labute approximate surface area is 118 Å². The predicted octanol–water partition coefficient (Wildman–Crippen LogP) is 3.01. The van der Waals surface area contributed by atoms with E-state index in [1.54, 1.807) is 12.1 Å². The minimum Gasteiger partial charge on any atom is -0.478 e. The van der Waals surface area contributed by atoms with Gasteiger partial charge in [-0.1, -0.05) is 30.3 Å². The molecule has 0 heterocycles. The monoisotopic (exact) mass is 270 g/mol. The first kappa shape index (κ1) is 13.9. The molecule has 0 aliphatic carbocycles. The Morgan fingerprint density at radius 1 is 1.15 bits per heavy atom. The Hall–Kier alpha value is -2.49. The molecule has 0 aliphatic rings. The Morgan fingerprint density at radius 2 is 1.90 bits per heavy atom. The summed E-state index contributed by atoms with van der Waals surface area (Å²) in [5.41, 5.74) is 8.17. The first-order valence-electron chi connectivity index (χ1n) is 6.57. The van der Waals surface area contributed by atoms with Crippen molar-refractivity contribution < 1.29 is 9.90 Å². The molecule has 0 aliphatic heterocycles. The van der Waals surface area contributed by atoms with E-state index in [-0.39, 0.29) is 5.56 Å². The van der Waals surface area contributed by atoms with Gasteiger partial charge in [-0.05, 0) is 36.6 Å². The standard InChI is InChI=1S/C16H18N2O2/c17-13-8-9-15(14(11-13)16(19)20)18-10-4-7-12-5-2-1-3-6-12/h1-3,5-6,8-9,11,18H,4,7,10,17H2,(H,19,20). The molecule has 4 heteroatoms. The molecule has 4 N–H and O–H groups in total. The molecule has 0 spiro atoms. The topological polar surface area (TPSA) is 75.3 Å². The van der Waals surface area contributed by atoms with Gasteiger partial charge < -0.3 is 16.2 Å². The summed E-state index contributed by atoms with van der Waals surface area (Å²) >= 11 is 0. The third-order valence-corrected chi connectivity index (χ3v) is 3.07. The lowest BCUT2D eigenvalue weighted by Gasteiger charge is -2.10. The van der Waals surface area contributed by atoms with Crippen LogP contribution in [-0.4, -0.2) is 17.6 Å². The van der Waals surface area contributed by atoms with Crippen molar-refractivity contribution in [3.05, 3.63) is 59.7 Å². The summed E-state index contributed by atoms with van der Waals surface area (Å²) in [7, 11) is 0. The van der Waals surface area contributed by atoms with Crippen LogP contribution in [0.4, 0.5) is 11.4 Å². The molecule has 0 unspecified atom stereocenters. The van der Waals surface area contributed by atoms with Crippen molar-refractivity contribution in [1.29, 1.82) is 0 Å². The van der Waals surface area contributed by atoms with Gasteiger partial charge in [0.1, 0.15) is 0 Å². The quantitative estimate of drug-likeness (QED) is 0.557. The number of aromatic carboxylic acids is 1. The van der Waals surface area contributed by atoms with Gasteiger partial charge in [0.2, 0.25) is 0 Å². The molecule has 0 atom stereocenters. The van der Waals surface area contributed by atoms with Gasteiger partial charge in [-0.3, -0.25) is 0 Å². The van der Waals surface area contributed by atoms with Gasteiger partial charge in [-0.2, -0.15) is 0 Å². The number of carbonyl (C=O) groups is 1. The Morgan fingerprint density at radius 3 is 2.60 bits per heavy atom.